The normalized spacial score (nSPS) is 17.3. The fourth-order valence-electron chi connectivity index (χ4n) is 3.49. The van der Waals surface area contributed by atoms with Crippen LogP contribution < -0.4 is 0 Å². The quantitative estimate of drug-likeness (QED) is 0.658. The van der Waals surface area contributed by atoms with Gasteiger partial charge in [0.15, 0.2) is 0 Å². The van der Waals surface area contributed by atoms with Gasteiger partial charge in [0.2, 0.25) is 5.91 Å². The van der Waals surface area contributed by atoms with E-state index in [1.807, 2.05) is 17.2 Å². The summed E-state index contributed by atoms with van der Waals surface area (Å²) in [7, 11) is 0. The maximum Gasteiger partial charge on any atom is 0.249 e. The number of hydrogen-bond donors (Lipinski definition) is 0. The zero-order chi connectivity index (χ0) is 18.6. The van der Waals surface area contributed by atoms with E-state index in [0.29, 0.717) is 13.2 Å². The van der Waals surface area contributed by atoms with Crippen LogP contribution in [0, 0.1) is 0 Å². The molecule has 0 aliphatic carbocycles. The van der Waals surface area contributed by atoms with Gasteiger partial charge in [0.05, 0.1) is 12.6 Å². The van der Waals surface area contributed by atoms with Gasteiger partial charge >= 0.3 is 0 Å². The van der Waals surface area contributed by atoms with E-state index in [2.05, 4.69) is 53.0 Å². The third kappa shape index (κ3) is 3.80. The van der Waals surface area contributed by atoms with Crippen LogP contribution in [0.3, 0.4) is 0 Å². The summed E-state index contributed by atoms with van der Waals surface area (Å²) < 4.78 is 5.61. The lowest BCUT2D eigenvalue weighted by molar-refractivity contribution is -0.149. The van der Waals surface area contributed by atoms with E-state index in [4.69, 9.17) is 4.74 Å². The molecule has 1 unspecified atom stereocenters. The van der Waals surface area contributed by atoms with E-state index >= 15 is 0 Å². The highest BCUT2D eigenvalue weighted by atomic mass is 32.1. The Hall–Kier alpha value is -2.50. The fraction of sp³-hybridized carbons (Fsp3) is 0.273. The van der Waals surface area contributed by atoms with Gasteiger partial charge in [-0.2, -0.15) is 11.3 Å². The van der Waals surface area contributed by atoms with Gasteiger partial charge in [0.1, 0.15) is 6.61 Å². The zero-order valence-corrected chi connectivity index (χ0v) is 16.1. The van der Waals surface area contributed by atoms with Gasteiger partial charge in [-0.15, -0.1) is 0 Å². The summed E-state index contributed by atoms with van der Waals surface area (Å²) >= 11 is 1.66. The number of aryl methyl sites for hydroxylation is 1. The molecular weight excluding hydrogens is 356 g/mol. The van der Waals surface area contributed by atoms with Crippen LogP contribution in [0.2, 0.25) is 0 Å². The Morgan fingerprint density at radius 3 is 2.74 bits per heavy atom. The Kier molecular flexibility index (Phi) is 5.32. The molecule has 1 aliphatic rings. The summed E-state index contributed by atoms with van der Waals surface area (Å²) in [6.07, 6.45) is 4.68. The smallest absolute Gasteiger partial charge is 0.249 e. The minimum atomic E-state index is -0.138. The second-order valence-corrected chi connectivity index (χ2v) is 7.48. The first-order valence-electron chi connectivity index (χ1n) is 9.17. The highest BCUT2D eigenvalue weighted by molar-refractivity contribution is 7.08. The number of amides is 1. The topological polar surface area (TPSA) is 42.4 Å². The number of thiophene rings is 1. The number of ether oxygens (including phenoxy) is 1. The van der Waals surface area contributed by atoms with Crippen LogP contribution >= 0.6 is 11.3 Å². The maximum atomic E-state index is 12.7. The molecule has 0 radical (unpaired) electrons. The molecule has 0 bridgehead atoms. The Labute approximate surface area is 163 Å². The average Bonchev–Trinajstić information content (AvgIpc) is 3.25. The summed E-state index contributed by atoms with van der Waals surface area (Å²) in [4.78, 5) is 18.9. The highest BCUT2D eigenvalue weighted by Crippen LogP contribution is 2.34. The standard InChI is InChI=1S/C22H22N2O2S/c1-2-16-3-5-17(6-4-16)12-24-21(13-26-14-22(24)25)20-11-23-9-7-19(20)18-8-10-27-15-18/h3-11,15,21H,2,12-14H2,1H3. The third-order valence-corrected chi connectivity index (χ3v) is 5.71. The molecule has 3 aromatic rings. The molecule has 3 heterocycles. The summed E-state index contributed by atoms with van der Waals surface area (Å²) in [5.41, 5.74) is 5.74. The minimum Gasteiger partial charge on any atom is -0.369 e. The van der Waals surface area contributed by atoms with E-state index in [1.54, 1.807) is 17.5 Å². The van der Waals surface area contributed by atoms with E-state index in [0.717, 1.165) is 28.7 Å². The molecule has 0 N–H and O–H groups in total. The third-order valence-electron chi connectivity index (χ3n) is 5.03. The van der Waals surface area contributed by atoms with Crippen molar-refractivity contribution in [2.24, 2.45) is 0 Å². The van der Waals surface area contributed by atoms with Crippen LogP contribution in [0.4, 0.5) is 0 Å². The molecule has 1 aliphatic heterocycles. The molecule has 4 rings (SSSR count). The first-order valence-corrected chi connectivity index (χ1v) is 10.1. The number of rotatable bonds is 5. The number of hydrogen-bond acceptors (Lipinski definition) is 4. The fourth-order valence-corrected chi connectivity index (χ4v) is 4.15. The van der Waals surface area contributed by atoms with E-state index in [9.17, 15) is 4.79 Å². The number of carbonyl (C=O) groups excluding carboxylic acids is 1. The first-order chi connectivity index (χ1) is 13.3. The molecule has 5 heteroatoms. The molecule has 1 amide bonds. The van der Waals surface area contributed by atoms with Crippen molar-refractivity contribution in [3.8, 4) is 11.1 Å². The number of morpholine rings is 1. The number of nitrogens with zero attached hydrogens (tertiary/aromatic N) is 2. The molecule has 2 aromatic heterocycles. The summed E-state index contributed by atoms with van der Waals surface area (Å²) in [6.45, 7) is 3.35. The van der Waals surface area contributed by atoms with Crippen LogP contribution in [0.1, 0.15) is 29.7 Å². The Morgan fingerprint density at radius 1 is 1.19 bits per heavy atom. The van der Waals surface area contributed by atoms with Gasteiger partial charge in [0, 0.05) is 24.5 Å². The first kappa shape index (κ1) is 17.9. The van der Waals surface area contributed by atoms with E-state index in [1.165, 1.54) is 5.56 Å². The van der Waals surface area contributed by atoms with Crippen molar-refractivity contribution in [1.82, 2.24) is 9.88 Å². The van der Waals surface area contributed by atoms with E-state index < -0.39 is 0 Å². The lowest BCUT2D eigenvalue weighted by Crippen LogP contribution is -2.43. The number of benzene rings is 1. The molecular formula is C22H22N2O2S. The predicted molar refractivity (Wildman–Crippen MR) is 107 cm³/mol. The van der Waals surface area contributed by atoms with Gasteiger partial charge in [-0.1, -0.05) is 31.2 Å². The lowest BCUT2D eigenvalue weighted by Gasteiger charge is -2.36. The van der Waals surface area contributed by atoms with Crippen molar-refractivity contribution in [3.63, 3.8) is 0 Å². The SMILES string of the molecule is CCc1ccc(CN2C(=O)COCC2c2cnccc2-c2ccsc2)cc1. The summed E-state index contributed by atoms with van der Waals surface area (Å²) in [5.74, 6) is 0.0194. The van der Waals surface area contributed by atoms with Crippen molar-refractivity contribution in [1.29, 1.82) is 0 Å². The zero-order valence-electron chi connectivity index (χ0n) is 15.3. The molecule has 1 atom stereocenters. The van der Waals surface area contributed by atoms with Crippen molar-refractivity contribution >= 4 is 17.2 Å². The van der Waals surface area contributed by atoms with Crippen molar-refractivity contribution in [2.45, 2.75) is 25.9 Å². The second-order valence-electron chi connectivity index (χ2n) is 6.70. The van der Waals surface area contributed by atoms with Crippen LogP contribution in [0.15, 0.2) is 59.6 Å². The Morgan fingerprint density at radius 2 is 2.00 bits per heavy atom. The van der Waals surface area contributed by atoms with Gasteiger partial charge in [0.25, 0.3) is 0 Å². The lowest BCUT2D eigenvalue weighted by atomic mass is 9.96. The highest BCUT2D eigenvalue weighted by Gasteiger charge is 2.31. The summed E-state index contributed by atoms with van der Waals surface area (Å²) in [5, 5.41) is 4.19. The minimum absolute atomic E-state index is 0.0194. The van der Waals surface area contributed by atoms with Crippen molar-refractivity contribution in [3.05, 3.63) is 76.2 Å². The van der Waals surface area contributed by atoms with E-state index in [-0.39, 0.29) is 18.6 Å². The largest absolute Gasteiger partial charge is 0.369 e. The Balaban J connectivity index is 1.67. The van der Waals surface area contributed by atoms with Gasteiger partial charge in [-0.05, 0) is 51.6 Å². The number of aromatic nitrogens is 1. The van der Waals surface area contributed by atoms with Gasteiger partial charge in [-0.3, -0.25) is 9.78 Å². The second kappa shape index (κ2) is 8.03. The molecule has 27 heavy (non-hydrogen) atoms. The molecule has 138 valence electrons. The maximum absolute atomic E-state index is 12.7. The van der Waals surface area contributed by atoms with Gasteiger partial charge in [-0.25, -0.2) is 0 Å². The van der Waals surface area contributed by atoms with Crippen molar-refractivity contribution in [2.75, 3.05) is 13.2 Å². The monoisotopic (exact) mass is 378 g/mol. The molecule has 1 saturated heterocycles. The number of pyridine rings is 1. The van der Waals surface area contributed by atoms with Crippen molar-refractivity contribution < 1.29 is 9.53 Å². The molecule has 0 saturated carbocycles. The van der Waals surface area contributed by atoms with Crippen LogP contribution in [-0.2, 0) is 22.5 Å². The predicted octanol–water partition coefficient (Wildman–Crippen LogP) is 4.47. The van der Waals surface area contributed by atoms with Crippen LogP contribution in [-0.4, -0.2) is 29.0 Å². The number of carbonyl (C=O) groups is 1. The molecule has 4 nitrogen and oxygen atoms in total. The van der Waals surface area contributed by atoms with Crippen LogP contribution in [0.25, 0.3) is 11.1 Å². The van der Waals surface area contributed by atoms with Crippen LogP contribution in [0.5, 0.6) is 0 Å². The average molecular weight is 378 g/mol. The van der Waals surface area contributed by atoms with Gasteiger partial charge < -0.3 is 9.64 Å². The summed E-state index contributed by atoms with van der Waals surface area (Å²) in [6, 6.07) is 12.5. The molecule has 0 spiro atoms. The Bertz CT molecular complexity index is 906. The molecule has 1 fully saturated rings. The molecule has 1 aromatic carbocycles.